The van der Waals surface area contributed by atoms with Crippen molar-refractivity contribution in [2.24, 2.45) is 0 Å². The number of aliphatic hydroxyl groups excluding tert-OH is 1. The second-order valence-electron chi connectivity index (χ2n) is 3.65. The fourth-order valence-corrected chi connectivity index (χ4v) is 2.10. The predicted octanol–water partition coefficient (Wildman–Crippen LogP) is 1.73. The quantitative estimate of drug-likeness (QED) is 0.677. The summed E-state index contributed by atoms with van der Waals surface area (Å²) in [7, 11) is 0. The zero-order valence-corrected chi connectivity index (χ0v) is 8.01. The molecule has 0 fully saturated rings. The van der Waals surface area contributed by atoms with Gasteiger partial charge < -0.3 is 10.8 Å². The maximum absolute atomic E-state index is 10.1. The molecular formula is C12H10N2O. The van der Waals surface area contributed by atoms with Crippen LogP contribution in [0.25, 0.3) is 11.3 Å². The van der Waals surface area contributed by atoms with Crippen molar-refractivity contribution in [1.29, 1.82) is 0 Å². The van der Waals surface area contributed by atoms with E-state index in [1.807, 2.05) is 24.3 Å². The molecule has 1 aliphatic rings. The summed E-state index contributed by atoms with van der Waals surface area (Å²) in [6.45, 7) is 0. The first-order chi connectivity index (χ1) is 7.29. The lowest BCUT2D eigenvalue weighted by Crippen LogP contribution is -1.99. The summed E-state index contributed by atoms with van der Waals surface area (Å²) in [5.74, 6) is 0. The largest absolute Gasteiger partial charge is 0.398 e. The maximum atomic E-state index is 10.1. The molecule has 1 aliphatic carbocycles. The van der Waals surface area contributed by atoms with Crippen LogP contribution in [-0.2, 0) is 0 Å². The average molecular weight is 198 g/mol. The minimum Gasteiger partial charge on any atom is -0.398 e. The molecule has 0 bridgehead atoms. The number of aliphatic hydroxyl groups is 1. The molecule has 0 radical (unpaired) electrons. The van der Waals surface area contributed by atoms with E-state index in [1.54, 1.807) is 12.3 Å². The Morgan fingerprint density at radius 1 is 1.20 bits per heavy atom. The molecule has 1 aromatic heterocycles. The van der Waals surface area contributed by atoms with Gasteiger partial charge in [0, 0.05) is 23.0 Å². The number of hydrogen-bond donors (Lipinski definition) is 2. The third kappa shape index (κ3) is 1.01. The van der Waals surface area contributed by atoms with Crippen LogP contribution in [0.2, 0.25) is 0 Å². The summed E-state index contributed by atoms with van der Waals surface area (Å²) in [5, 5.41) is 10.1. The minimum atomic E-state index is -0.634. The molecule has 0 amide bonds. The highest BCUT2D eigenvalue weighted by Crippen LogP contribution is 2.44. The number of fused-ring (bicyclic) bond motifs is 3. The summed E-state index contributed by atoms with van der Waals surface area (Å²) in [6.07, 6.45) is 1.04. The summed E-state index contributed by atoms with van der Waals surface area (Å²) < 4.78 is 0. The molecule has 0 unspecified atom stereocenters. The lowest BCUT2D eigenvalue weighted by Gasteiger charge is -2.06. The van der Waals surface area contributed by atoms with Crippen LogP contribution < -0.4 is 5.73 Å². The Bertz CT molecular complexity index is 537. The molecule has 0 saturated heterocycles. The van der Waals surface area contributed by atoms with Gasteiger partial charge in [-0.2, -0.15) is 0 Å². The van der Waals surface area contributed by atoms with Crippen LogP contribution >= 0.6 is 0 Å². The van der Waals surface area contributed by atoms with Crippen molar-refractivity contribution >= 4 is 5.69 Å². The number of nitrogens with zero attached hydrogens (tertiary/aromatic N) is 1. The van der Waals surface area contributed by atoms with Gasteiger partial charge >= 0.3 is 0 Å². The Hall–Kier alpha value is -1.87. The van der Waals surface area contributed by atoms with Crippen LogP contribution in [0.3, 0.4) is 0 Å². The maximum Gasteiger partial charge on any atom is 0.109 e. The topological polar surface area (TPSA) is 59.1 Å². The number of anilines is 1. The van der Waals surface area contributed by atoms with E-state index < -0.39 is 6.10 Å². The van der Waals surface area contributed by atoms with Gasteiger partial charge in [-0.25, -0.2) is 0 Å². The number of nitrogens with two attached hydrogens (primary N) is 1. The van der Waals surface area contributed by atoms with E-state index in [0.29, 0.717) is 5.69 Å². The van der Waals surface area contributed by atoms with Crippen LogP contribution in [0.1, 0.15) is 17.2 Å². The SMILES string of the molecule is Nc1ccnc2c1[C@H](O)c1ccccc1-2. The van der Waals surface area contributed by atoms with Crippen LogP contribution in [0.5, 0.6) is 0 Å². The minimum absolute atomic E-state index is 0.601. The van der Waals surface area contributed by atoms with Crippen LogP contribution in [0.4, 0.5) is 5.69 Å². The van der Waals surface area contributed by atoms with Gasteiger partial charge in [0.15, 0.2) is 0 Å². The average Bonchev–Trinajstić information content (AvgIpc) is 2.55. The summed E-state index contributed by atoms with van der Waals surface area (Å²) in [4.78, 5) is 4.27. The van der Waals surface area contributed by atoms with Crippen molar-refractivity contribution in [3.8, 4) is 11.3 Å². The molecule has 1 atom stereocenters. The lowest BCUT2D eigenvalue weighted by atomic mass is 10.1. The number of nitrogen functional groups attached to an aromatic ring is 1. The van der Waals surface area contributed by atoms with E-state index in [1.165, 1.54) is 0 Å². The van der Waals surface area contributed by atoms with E-state index in [0.717, 1.165) is 22.4 Å². The molecule has 15 heavy (non-hydrogen) atoms. The van der Waals surface area contributed by atoms with E-state index >= 15 is 0 Å². The van der Waals surface area contributed by atoms with Crippen LogP contribution in [0.15, 0.2) is 36.5 Å². The van der Waals surface area contributed by atoms with E-state index in [9.17, 15) is 5.11 Å². The predicted molar refractivity (Wildman–Crippen MR) is 58.1 cm³/mol. The first kappa shape index (κ1) is 8.44. The van der Waals surface area contributed by atoms with Gasteiger partial charge in [0.05, 0.1) is 5.69 Å². The Morgan fingerprint density at radius 2 is 2.00 bits per heavy atom. The molecule has 3 N–H and O–H groups in total. The monoisotopic (exact) mass is 198 g/mol. The Morgan fingerprint density at radius 3 is 2.87 bits per heavy atom. The smallest absolute Gasteiger partial charge is 0.109 e. The van der Waals surface area contributed by atoms with Gasteiger partial charge in [-0.3, -0.25) is 4.98 Å². The van der Waals surface area contributed by atoms with E-state index in [4.69, 9.17) is 5.73 Å². The fourth-order valence-electron chi connectivity index (χ4n) is 2.10. The molecule has 3 heteroatoms. The summed E-state index contributed by atoms with van der Waals surface area (Å²) >= 11 is 0. The third-order valence-corrected chi connectivity index (χ3v) is 2.81. The highest BCUT2D eigenvalue weighted by atomic mass is 16.3. The zero-order valence-electron chi connectivity index (χ0n) is 8.01. The number of hydrogen-bond acceptors (Lipinski definition) is 3. The fraction of sp³-hybridized carbons (Fsp3) is 0.0833. The number of benzene rings is 1. The second kappa shape index (κ2) is 2.81. The second-order valence-corrected chi connectivity index (χ2v) is 3.65. The van der Waals surface area contributed by atoms with Gasteiger partial charge in [-0.05, 0) is 11.6 Å². The molecule has 2 aromatic rings. The summed E-state index contributed by atoms with van der Waals surface area (Å²) in [5.41, 5.74) is 9.85. The van der Waals surface area contributed by atoms with Gasteiger partial charge in [-0.15, -0.1) is 0 Å². The molecule has 0 aliphatic heterocycles. The Kier molecular flexibility index (Phi) is 1.58. The third-order valence-electron chi connectivity index (χ3n) is 2.81. The van der Waals surface area contributed by atoms with E-state index in [2.05, 4.69) is 4.98 Å². The standard InChI is InChI=1S/C12H10N2O/c13-9-5-6-14-11-7-3-1-2-4-8(7)12(15)10(9)11/h1-6,12,15H,(H2,13,14)/t12-/m1/s1. The van der Waals surface area contributed by atoms with Crippen molar-refractivity contribution in [1.82, 2.24) is 4.98 Å². The van der Waals surface area contributed by atoms with Crippen molar-refractivity contribution in [3.05, 3.63) is 47.7 Å². The molecule has 0 saturated carbocycles. The first-order valence-electron chi connectivity index (χ1n) is 4.81. The Labute approximate surface area is 87.2 Å². The van der Waals surface area contributed by atoms with Crippen molar-refractivity contribution in [2.45, 2.75) is 6.10 Å². The highest BCUT2D eigenvalue weighted by Gasteiger charge is 2.29. The van der Waals surface area contributed by atoms with Crippen molar-refractivity contribution < 1.29 is 5.11 Å². The van der Waals surface area contributed by atoms with E-state index in [-0.39, 0.29) is 0 Å². The van der Waals surface area contributed by atoms with Crippen LogP contribution in [0, 0.1) is 0 Å². The molecule has 0 spiro atoms. The van der Waals surface area contributed by atoms with Crippen molar-refractivity contribution in [2.75, 3.05) is 5.73 Å². The van der Waals surface area contributed by atoms with Gasteiger partial charge in [0.25, 0.3) is 0 Å². The molecular weight excluding hydrogens is 188 g/mol. The van der Waals surface area contributed by atoms with Gasteiger partial charge in [0.1, 0.15) is 6.10 Å². The summed E-state index contributed by atoms with van der Waals surface area (Å²) in [6, 6.07) is 9.42. The number of aromatic nitrogens is 1. The lowest BCUT2D eigenvalue weighted by molar-refractivity contribution is 0.226. The molecule has 3 rings (SSSR count). The molecule has 1 aromatic carbocycles. The van der Waals surface area contributed by atoms with Crippen LogP contribution in [-0.4, -0.2) is 10.1 Å². The highest BCUT2D eigenvalue weighted by molar-refractivity contribution is 5.79. The van der Waals surface area contributed by atoms with Gasteiger partial charge in [-0.1, -0.05) is 24.3 Å². The Balaban J connectivity index is 2.37. The molecule has 3 nitrogen and oxygen atoms in total. The van der Waals surface area contributed by atoms with Crippen molar-refractivity contribution in [3.63, 3.8) is 0 Å². The zero-order chi connectivity index (χ0) is 10.4. The number of rotatable bonds is 0. The number of pyridine rings is 1. The normalized spacial score (nSPS) is 17.3. The van der Waals surface area contributed by atoms with Gasteiger partial charge in [0.2, 0.25) is 0 Å². The first-order valence-corrected chi connectivity index (χ1v) is 4.81. The molecule has 1 heterocycles. The molecule has 74 valence electrons.